The van der Waals surface area contributed by atoms with Crippen LogP contribution in [0.25, 0.3) is 45.2 Å². The third-order valence-corrected chi connectivity index (χ3v) is 6.43. The summed E-state index contributed by atoms with van der Waals surface area (Å²) in [7, 11) is 0. The number of benzene rings is 4. The molecule has 4 heteroatoms. The number of hydrogen-bond donors (Lipinski definition) is 0. The van der Waals surface area contributed by atoms with E-state index < -0.39 is 0 Å². The smallest absolute Gasteiger partial charge is 0.220 e. The van der Waals surface area contributed by atoms with Crippen molar-refractivity contribution in [3.8, 4) is 45.2 Å². The minimum Gasteiger partial charge on any atom is -0.494 e. The van der Waals surface area contributed by atoms with E-state index >= 15 is 0 Å². The Labute approximate surface area is 211 Å². The molecule has 0 amide bonds. The number of nitrogens with zero attached hydrogens (tertiary/aromatic N) is 3. The third kappa shape index (κ3) is 3.87. The van der Waals surface area contributed by atoms with Gasteiger partial charge in [-0.2, -0.15) is 0 Å². The number of fused-ring (bicyclic) bond motifs is 1. The first-order valence-electron chi connectivity index (χ1n) is 12.3. The molecule has 4 aromatic carbocycles. The predicted octanol–water partition coefficient (Wildman–Crippen LogP) is 7.83. The Kier molecular flexibility index (Phi) is 5.62. The molecule has 0 saturated carbocycles. The molecule has 0 atom stereocenters. The van der Waals surface area contributed by atoms with Gasteiger partial charge in [0.05, 0.1) is 23.7 Å². The molecule has 2 heterocycles. The Morgan fingerprint density at radius 2 is 1.33 bits per heavy atom. The summed E-state index contributed by atoms with van der Waals surface area (Å²) in [5.74, 6) is 1.73. The van der Waals surface area contributed by atoms with Crippen LogP contribution in [0, 0.1) is 6.92 Å². The molecule has 0 aliphatic heterocycles. The molecule has 0 bridgehead atoms. The number of hydrogen-bond acceptors (Lipinski definition) is 2. The van der Waals surface area contributed by atoms with Gasteiger partial charge in [0.1, 0.15) is 5.75 Å². The maximum atomic E-state index is 5.70. The molecular formula is C32H27N3O. The van der Waals surface area contributed by atoms with Gasteiger partial charge in [-0.1, -0.05) is 90.5 Å². The zero-order valence-corrected chi connectivity index (χ0v) is 20.4. The fourth-order valence-electron chi connectivity index (χ4n) is 4.70. The van der Waals surface area contributed by atoms with Gasteiger partial charge in [0, 0.05) is 28.6 Å². The molecule has 0 unspecified atom stereocenters. The minimum absolute atomic E-state index is 0.642. The quantitative estimate of drug-likeness (QED) is 0.249. The number of ether oxygens (including phenoxy) is 1. The van der Waals surface area contributed by atoms with Crippen LogP contribution in [0.1, 0.15) is 12.5 Å². The molecule has 0 aliphatic carbocycles. The number of imidazole rings is 2. The second-order valence-electron chi connectivity index (χ2n) is 8.85. The van der Waals surface area contributed by atoms with Crippen molar-refractivity contribution in [1.82, 2.24) is 14.0 Å². The van der Waals surface area contributed by atoms with Crippen molar-refractivity contribution in [1.29, 1.82) is 0 Å². The van der Waals surface area contributed by atoms with Gasteiger partial charge < -0.3 is 4.74 Å². The van der Waals surface area contributed by atoms with Crippen molar-refractivity contribution < 1.29 is 4.74 Å². The molecule has 0 saturated heterocycles. The summed E-state index contributed by atoms with van der Waals surface area (Å²) in [5.41, 5.74) is 8.76. The van der Waals surface area contributed by atoms with Crippen LogP contribution in [0.15, 0.2) is 115 Å². The van der Waals surface area contributed by atoms with Crippen LogP contribution in [0.3, 0.4) is 0 Å². The largest absolute Gasteiger partial charge is 0.494 e. The van der Waals surface area contributed by atoms with Crippen molar-refractivity contribution in [2.75, 3.05) is 6.61 Å². The van der Waals surface area contributed by atoms with Gasteiger partial charge in [0.25, 0.3) is 0 Å². The highest BCUT2D eigenvalue weighted by Gasteiger charge is 2.22. The Morgan fingerprint density at radius 3 is 1.97 bits per heavy atom. The highest BCUT2D eigenvalue weighted by Crippen LogP contribution is 2.37. The molecule has 6 aromatic rings. The lowest BCUT2D eigenvalue weighted by Gasteiger charge is -2.11. The van der Waals surface area contributed by atoms with Crippen molar-refractivity contribution in [2.45, 2.75) is 13.8 Å². The summed E-state index contributed by atoms with van der Waals surface area (Å²) >= 11 is 0. The van der Waals surface area contributed by atoms with E-state index in [2.05, 4.69) is 107 Å². The number of aromatic nitrogens is 3. The fraction of sp³-hybridized carbons (Fsp3) is 0.0938. The van der Waals surface area contributed by atoms with E-state index in [0.29, 0.717) is 6.61 Å². The maximum Gasteiger partial charge on any atom is 0.220 e. The summed E-state index contributed by atoms with van der Waals surface area (Å²) in [5, 5.41) is 0. The standard InChI is InChI=1S/C32H27N3O/c1-3-36-28-20-18-27(19-21-28)35-29(24-16-14-23(2)15-17-24)22-34-31(26-12-8-5-9-13-26)30(33-32(34)35)25-10-6-4-7-11-25/h4-22H,3H2,1-2H3. The normalized spacial score (nSPS) is 11.2. The summed E-state index contributed by atoms with van der Waals surface area (Å²) in [6.45, 7) is 4.75. The van der Waals surface area contributed by atoms with Crippen LogP contribution in [-0.2, 0) is 0 Å². The second kappa shape index (κ2) is 9.23. The van der Waals surface area contributed by atoms with Gasteiger partial charge in [0.15, 0.2) is 0 Å². The SMILES string of the molecule is CCOc1ccc(-n2c(-c3ccc(C)cc3)cn3c(-c4ccccc4)c(-c4ccccc4)nc23)cc1. The topological polar surface area (TPSA) is 31.5 Å². The van der Waals surface area contributed by atoms with E-state index in [1.807, 2.05) is 31.2 Å². The lowest BCUT2D eigenvalue weighted by Crippen LogP contribution is -1.99. The van der Waals surface area contributed by atoms with Gasteiger partial charge in [-0.3, -0.25) is 8.97 Å². The van der Waals surface area contributed by atoms with E-state index in [0.717, 1.165) is 51.0 Å². The Hall–Kier alpha value is -4.57. The monoisotopic (exact) mass is 469 g/mol. The van der Waals surface area contributed by atoms with Gasteiger partial charge in [-0.15, -0.1) is 0 Å². The maximum absolute atomic E-state index is 5.70. The minimum atomic E-state index is 0.642. The molecule has 0 N–H and O–H groups in total. The Bertz CT molecular complexity index is 1610. The fourth-order valence-corrected chi connectivity index (χ4v) is 4.70. The molecule has 176 valence electrons. The summed E-state index contributed by atoms with van der Waals surface area (Å²) < 4.78 is 10.2. The van der Waals surface area contributed by atoms with E-state index in [-0.39, 0.29) is 0 Å². The number of aryl methyl sites for hydroxylation is 1. The predicted molar refractivity (Wildman–Crippen MR) is 147 cm³/mol. The molecule has 0 spiro atoms. The average molecular weight is 470 g/mol. The highest BCUT2D eigenvalue weighted by molar-refractivity contribution is 5.83. The van der Waals surface area contributed by atoms with Crippen LogP contribution in [-0.4, -0.2) is 20.6 Å². The molecule has 2 aromatic heterocycles. The molecule has 0 aliphatic rings. The molecule has 0 radical (unpaired) electrons. The van der Waals surface area contributed by atoms with Crippen LogP contribution < -0.4 is 4.74 Å². The van der Waals surface area contributed by atoms with Gasteiger partial charge in [-0.05, 0) is 38.1 Å². The summed E-state index contributed by atoms with van der Waals surface area (Å²) in [6, 6.07) is 37.8. The molecule has 36 heavy (non-hydrogen) atoms. The zero-order valence-electron chi connectivity index (χ0n) is 20.4. The van der Waals surface area contributed by atoms with Crippen LogP contribution in [0.2, 0.25) is 0 Å². The van der Waals surface area contributed by atoms with E-state index in [4.69, 9.17) is 9.72 Å². The second-order valence-corrected chi connectivity index (χ2v) is 8.85. The first-order chi connectivity index (χ1) is 17.7. The summed E-state index contributed by atoms with van der Waals surface area (Å²) in [6.07, 6.45) is 2.21. The van der Waals surface area contributed by atoms with Gasteiger partial charge in [0.2, 0.25) is 5.78 Å². The molecule has 0 fully saturated rings. The Morgan fingerprint density at radius 1 is 0.694 bits per heavy atom. The molecule has 4 nitrogen and oxygen atoms in total. The zero-order chi connectivity index (χ0) is 24.5. The van der Waals surface area contributed by atoms with Crippen LogP contribution in [0.5, 0.6) is 5.75 Å². The van der Waals surface area contributed by atoms with Crippen molar-refractivity contribution in [3.63, 3.8) is 0 Å². The van der Waals surface area contributed by atoms with E-state index in [1.54, 1.807) is 0 Å². The number of rotatable bonds is 6. The lowest BCUT2D eigenvalue weighted by molar-refractivity contribution is 0.340. The average Bonchev–Trinajstić information content (AvgIpc) is 3.47. The third-order valence-electron chi connectivity index (χ3n) is 6.43. The van der Waals surface area contributed by atoms with E-state index in [1.165, 1.54) is 5.56 Å². The molecule has 6 rings (SSSR count). The first-order valence-corrected chi connectivity index (χ1v) is 12.3. The molecular weight excluding hydrogens is 442 g/mol. The van der Waals surface area contributed by atoms with Crippen molar-refractivity contribution >= 4 is 5.78 Å². The van der Waals surface area contributed by atoms with Gasteiger partial charge >= 0.3 is 0 Å². The Balaban J connectivity index is 1.66. The van der Waals surface area contributed by atoms with Crippen LogP contribution >= 0.6 is 0 Å². The van der Waals surface area contributed by atoms with Crippen molar-refractivity contribution in [3.05, 3.63) is 121 Å². The summed E-state index contributed by atoms with van der Waals surface area (Å²) in [4.78, 5) is 5.25. The first kappa shape index (κ1) is 21.9. The lowest BCUT2D eigenvalue weighted by atomic mass is 10.0. The van der Waals surface area contributed by atoms with Crippen LogP contribution in [0.4, 0.5) is 0 Å². The van der Waals surface area contributed by atoms with Gasteiger partial charge in [-0.25, -0.2) is 4.98 Å². The van der Waals surface area contributed by atoms with Crippen molar-refractivity contribution in [2.24, 2.45) is 0 Å². The van der Waals surface area contributed by atoms with E-state index in [9.17, 15) is 0 Å². The highest BCUT2D eigenvalue weighted by atomic mass is 16.5.